The van der Waals surface area contributed by atoms with Gasteiger partial charge in [-0.25, -0.2) is 4.79 Å². The van der Waals surface area contributed by atoms with E-state index in [-0.39, 0.29) is 0 Å². The monoisotopic (exact) mass is 315 g/mol. The Hall–Kier alpha value is -1.09. The molecule has 78 valence electrons. The zero-order valence-corrected chi connectivity index (χ0v) is 10.7. The van der Waals surface area contributed by atoms with Crippen LogP contribution in [0.15, 0.2) is 12.1 Å². The van der Waals surface area contributed by atoms with Gasteiger partial charge in [0.05, 0.1) is 18.2 Å². The number of rotatable bonds is 2. The maximum atomic E-state index is 11.4. The molecular formula is C11H10INO2. The van der Waals surface area contributed by atoms with E-state index in [9.17, 15) is 4.79 Å². The average Bonchev–Trinajstić information content (AvgIpc) is 2.26. The molecule has 0 radical (unpaired) electrons. The van der Waals surface area contributed by atoms with Crippen molar-refractivity contribution in [2.75, 3.05) is 7.11 Å². The van der Waals surface area contributed by atoms with Gasteiger partial charge >= 0.3 is 5.97 Å². The summed E-state index contributed by atoms with van der Waals surface area (Å²) < 4.78 is 5.57. The number of esters is 1. The highest BCUT2D eigenvalue weighted by molar-refractivity contribution is 14.1. The van der Waals surface area contributed by atoms with Crippen molar-refractivity contribution in [2.24, 2.45) is 0 Å². The minimum absolute atomic E-state index is 0.351. The summed E-state index contributed by atoms with van der Waals surface area (Å²) in [7, 11) is 1.31. The summed E-state index contributed by atoms with van der Waals surface area (Å²) in [6.45, 7) is 1.95. The molecule has 1 aromatic rings. The summed E-state index contributed by atoms with van der Waals surface area (Å²) in [5.74, 6) is -0.459. The third-order valence-corrected chi connectivity index (χ3v) is 2.71. The summed E-state index contributed by atoms with van der Waals surface area (Å²) >= 11 is 2.12. The molecule has 0 bridgehead atoms. The smallest absolute Gasteiger partial charge is 0.339 e. The van der Waals surface area contributed by atoms with Crippen molar-refractivity contribution in [3.63, 3.8) is 0 Å². The standard InChI is InChI=1S/C11H10INO2/c1-3-7-4-8(12)5-9(10(7)6-13)11(14)15-2/h4-5H,3H2,1-2H3. The van der Waals surface area contributed by atoms with Crippen molar-refractivity contribution in [3.8, 4) is 6.07 Å². The molecular weight excluding hydrogens is 305 g/mol. The van der Waals surface area contributed by atoms with E-state index in [1.54, 1.807) is 6.07 Å². The van der Waals surface area contributed by atoms with Crippen molar-refractivity contribution in [2.45, 2.75) is 13.3 Å². The minimum Gasteiger partial charge on any atom is -0.465 e. The number of ether oxygens (including phenoxy) is 1. The van der Waals surface area contributed by atoms with Crippen molar-refractivity contribution < 1.29 is 9.53 Å². The van der Waals surface area contributed by atoms with Gasteiger partial charge in [0.2, 0.25) is 0 Å². The number of nitriles is 1. The highest BCUT2D eigenvalue weighted by Crippen LogP contribution is 2.20. The van der Waals surface area contributed by atoms with Crippen molar-refractivity contribution in [1.82, 2.24) is 0 Å². The van der Waals surface area contributed by atoms with Crippen LogP contribution in [0.5, 0.6) is 0 Å². The van der Waals surface area contributed by atoms with E-state index >= 15 is 0 Å². The topological polar surface area (TPSA) is 50.1 Å². The van der Waals surface area contributed by atoms with Gasteiger partial charge in [0, 0.05) is 3.57 Å². The third kappa shape index (κ3) is 2.48. The van der Waals surface area contributed by atoms with E-state index in [1.165, 1.54) is 7.11 Å². The van der Waals surface area contributed by atoms with Gasteiger partial charge in [-0.1, -0.05) is 6.92 Å². The maximum absolute atomic E-state index is 11.4. The Kier molecular flexibility index (Phi) is 4.09. The lowest BCUT2D eigenvalue weighted by atomic mass is 10.0. The van der Waals surface area contributed by atoms with Crippen molar-refractivity contribution in [3.05, 3.63) is 32.4 Å². The molecule has 1 rings (SSSR count). The number of nitrogens with zero attached hydrogens (tertiary/aromatic N) is 1. The second kappa shape index (κ2) is 5.12. The first-order valence-electron chi connectivity index (χ1n) is 4.44. The summed E-state index contributed by atoms with van der Waals surface area (Å²) in [5, 5.41) is 9.01. The molecule has 0 saturated heterocycles. The average molecular weight is 315 g/mol. The molecule has 0 spiro atoms. The third-order valence-electron chi connectivity index (χ3n) is 2.08. The molecule has 0 fully saturated rings. The highest BCUT2D eigenvalue weighted by Gasteiger charge is 2.15. The molecule has 0 N–H and O–H groups in total. The molecule has 0 unspecified atom stereocenters. The zero-order chi connectivity index (χ0) is 11.4. The van der Waals surface area contributed by atoms with Gasteiger partial charge in [-0.2, -0.15) is 5.26 Å². The number of aryl methyl sites for hydroxylation is 1. The number of hydrogen-bond acceptors (Lipinski definition) is 3. The molecule has 0 aromatic heterocycles. The molecule has 0 amide bonds. The number of methoxy groups -OCH3 is 1. The van der Waals surface area contributed by atoms with Crippen molar-refractivity contribution >= 4 is 28.6 Å². The lowest BCUT2D eigenvalue weighted by molar-refractivity contribution is 0.0600. The highest BCUT2D eigenvalue weighted by atomic mass is 127. The first-order valence-corrected chi connectivity index (χ1v) is 5.52. The molecule has 0 aliphatic carbocycles. The van der Waals surface area contributed by atoms with Crippen LogP contribution in [0.2, 0.25) is 0 Å². The van der Waals surface area contributed by atoms with Crippen LogP contribution in [0.3, 0.4) is 0 Å². The van der Waals surface area contributed by atoms with Crippen LogP contribution < -0.4 is 0 Å². The van der Waals surface area contributed by atoms with Crippen LogP contribution >= 0.6 is 22.6 Å². The van der Waals surface area contributed by atoms with Crippen LogP contribution in [-0.2, 0) is 11.2 Å². The first kappa shape index (κ1) is 12.0. The number of carbonyl (C=O) groups is 1. The Morgan fingerprint density at radius 1 is 1.60 bits per heavy atom. The van der Waals surface area contributed by atoms with E-state index in [4.69, 9.17) is 5.26 Å². The quantitative estimate of drug-likeness (QED) is 0.622. The molecule has 0 aliphatic heterocycles. The summed E-state index contributed by atoms with van der Waals surface area (Å²) in [6, 6.07) is 5.63. The minimum atomic E-state index is -0.459. The van der Waals surface area contributed by atoms with Gasteiger partial charge in [-0.05, 0) is 46.7 Å². The number of halogens is 1. The summed E-state index contributed by atoms with van der Waals surface area (Å²) in [5.41, 5.74) is 1.65. The molecule has 4 heteroatoms. The number of benzene rings is 1. The van der Waals surface area contributed by atoms with Crippen LogP contribution in [0, 0.1) is 14.9 Å². The van der Waals surface area contributed by atoms with E-state index in [2.05, 4.69) is 33.4 Å². The summed E-state index contributed by atoms with van der Waals surface area (Å²) in [4.78, 5) is 11.4. The molecule has 0 saturated carbocycles. The number of carbonyl (C=O) groups excluding carboxylic acids is 1. The Morgan fingerprint density at radius 2 is 2.27 bits per heavy atom. The largest absolute Gasteiger partial charge is 0.465 e. The predicted octanol–water partition coefficient (Wildman–Crippen LogP) is 2.51. The van der Waals surface area contributed by atoms with Gasteiger partial charge in [0.1, 0.15) is 6.07 Å². The van der Waals surface area contributed by atoms with E-state index < -0.39 is 5.97 Å². The van der Waals surface area contributed by atoms with E-state index in [1.807, 2.05) is 13.0 Å². The Bertz CT molecular complexity index is 435. The lowest BCUT2D eigenvalue weighted by Gasteiger charge is -2.07. The summed E-state index contributed by atoms with van der Waals surface area (Å²) in [6.07, 6.45) is 0.726. The molecule has 15 heavy (non-hydrogen) atoms. The second-order valence-electron chi connectivity index (χ2n) is 2.94. The first-order chi connectivity index (χ1) is 7.13. The molecule has 0 atom stereocenters. The van der Waals surface area contributed by atoms with Gasteiger partial charge < -0.3 is 4.74 Å². The van der Waals surface area contributed by atoms with Crippen LogP contribution in [0.25, 0.3) is 0 Å². The van der Waals surface area contributed by atoms with Gasteiger partial charge in [-0.15, -0.1) is 0 Å². The van der Waals surface area contributed by atoms with Crippen LogP contribution in [-0.4, -0.2) is 13.1 Å². The predicted molar refractivity (Wildman–Crippen MR) is 64.6 cm³/mol. The number of hydrogen-bond donors (Lipinski definition) is 0. The molecule has 1 aromatic carbocycles. The van der Waals surface area contributed by atoms with E-state index in [0.29, 0.717) is 11.1 Å². The van der Waals surface area contributed by atoms with Gasteiger partial charge in [0.15, 0.2) is 0 Å². The van der Waals surface area contributed by atoms with Gasteiger partial charge in [-0.3, -0.25) is 0 Å². The molecule has 0 heterocycles. The Morgan fingerprint density at radius 3 is 2.73 bits per heavy atom. The fourth-order valence-electron chi connectivity index (χ4n) is 1.35. The molecule has 0 aliphatic rings. The zero-order valence-electron chi connectivity index (χ0n) is 8.50. The van der Waals surface area contributed by atoms with Crippen LogP contribution in [0.4, 0.5) is 0 Å². The Balaban J connectivity index is 3.43. The fourth-order valence-corrected chi connectivity index (χ4v) is 2.03. The lowest BCUT2D eigenvalue weighted by Crippen LogP contribution is -2.07. The fraction of sp³-hybridized carbons (Fsp3) is 0.273. The van der Waals surface area contributed by atoms with Gasteiger partial charge in [0.25, 0.3) is 0 Å². The SMILES string of the molecule is CCc1cc(I)cc(C(=O)OC)c1C#N. The normalized spacial score (nSPS) is 9.47. The van der Waals surface area contributed by atoms with Crippen LogP contribution in [0.1, 0.15) is 28.4 Å². The maximum Gasteiger partial charge on any atom is 0.339 e. The Labute approximate surface area is 102 Å². The second-order valence-corrected chi connectivity index (χ2v) is 4.19. The van der Waals surface area contributed by atoms with E-state index in [0.717, 1.165) is 15.6 Å². The van der Waals surface area contributed by atoms with Crippen molar-refractivity contribution in [1.29, 1.82) is 5.26 Å². The molecule has 3 nitrogen and oxygen atoms in total.